The van der Waals surface area contributed by atoms with E-state index >= 15 is 0 Å². The van der Waals surface area contributed by atoms with Crippen molar-refractivity contribution >= 4 is 5.69 Å². The van der Waals surface area contributed by atoms with Crippen LogP contribution in [0.15, 0.2) is 47.2 Å². The highest BCUT2D eigenvalue weighted by molar-refractivity contribution is 5.61. The number of nitrogen functional groups attached to an aromatic ring is 1. The molecule has 0 fully saturated rings. The van der Waals surface area contributed by atoms with Crippen LogP contribution in [-0.4, -0.2) is 15.1 Å². The standard InChI is InChI=1S/C13H9FN4O/c14-10-7-9(1-2-11(10)15)13-17-12(18-19-13)8-3-5-16-6-4-8/h1-7H,15H2. The van der Waals surface area contributed by atoms with E-state index in [0.29, 0.717) is 11.4 Å². The maximum atomic E-state index is 13.4. The Kier molecular flexibility index (Phi) is 2.68. The molecule has 5 nitrogen and oxygen atoms in total. The Morgan fingerprint density at radius 3 is 2.58 bits per heavy atom. The van der Waals surface area contributed by atoms with E-state index in [0.717, 1.165) is 5.56 Å². The van der Waals surface area contributed by atoms with Gasteiger partial charge in [-0.25, -0.2) is 4.39 Å². The second-order valence-electron chi connectivity index (χ2n) is 3.90. The van der Waals surface area contributed by atoms with E-state index in [1.54, 1.807) is 30.6 Å². The Bertz CT molecular complexity index is 712. The van der Waals surface area contributed by atoms with Gasteiger partial charge < -0.3 is 10.3 Å². The van der Waals surface area contributed by atoms with Crippen molar-refractivity contribution in [2.45, 2.75) is 0 Å². The quantitative estimate of drug-likeness (QED) is 0.713. The molecule has 0 aliphatic carbocycles. The third-order valence-electron chi connectivity index (χ3n) is 2.61. The maximum Gasteiger partial charge on any atom is 0.258 e. The number of benzene rings is 1. The number of rotatable bonds is 2. The molecule has 94 valence electrons. The molecule has 0 bridgehead atoms. The van der Waals surface area contributed by atoms with Gasteiger partial charge in [-0.15, -0.1) is 0 Å². The minimum Gasteiger partial charge on any atom is -0.396 e. The number of nitrogens with zero attached hydrogens (tertiary/aromatic N) is 3. The summed E-state index contributed by atoms with van der Waals surface area (Å²) in [5, 5.41) is 3.85. The Morgan fingerprint density at radius 2 is 1.84 bits per heavy atom. The third kappa shape index (κ3) is 2.15. The molecule has 0 saturated heterocycles. The van der Waals surface area contributed by atoms with Crippen LogP contribution in [-0.2, 0) is 0 Å². The largest absolute Gasteiger partial charge is 0.396 e. The topological polar surface area (TPSA) is 77.8 Å². The Labute approximate surface area is 107 Å². The summed E-state index contributed by atoms with van der Waals surface area (Å²) < 4.78 is 18.5. The molecular weight excluding hydrogens is 247 g/mol. The summed E-state index contributed by atoms with van der Waals surface area (Å²) in [6.07, 6.45) is 3.27. The first kappa shape index (κ1) is 11.3. The van der Waals surface area contributed by atoms with Crippen LogP contribution in [0.3, 0.4) is 0 Å². The van der Waals surface area contributed by atoms with Crippen LogP contribution in [0.4, 0.5) is 10.1 Å². The minimum absolute atomic E-state index is 0.0811. The molecule has 0 amide bonds. The first-order valence-electron chi connectivity index (χ1n) is 5.53. The second kappa shape index (κ2) is 4.49. The zero-order chi connectivity index (χ0) is 13.2. The third-order valence-corrected chi connectivity index (χ3v) is 2.61. The van der Waals surface area contributed by atoms with Crippen LogP contribution in [0, 0.1) is 5.82 Å². The summed E-state index contributed by atoms with van der Waals surface area (Å²) in [7, 11) is 0. The normalized spacial score (nSPS) is 10.6. The van der Waals surface area contributed by atoms with E-state index in [-0.39, 0.29) is 11.6 Å². The van der Waals surface area contributed by atoms with Crippen molar-refractivity contribution in [3.8, 4) is 22.8 Å². The fourth-order valence-electron chi connectivity index (χ4n) is 1.62. The molecule has 19 heavy (non-hydrogen) atoms. The highest BCUT2D eigenvalue weighted by Crippen LogP contribution is 2.24. The summed E-state index contributed by atoms with van der Waals surface area (Å²) in [6, 6.07) is 7.87. The molecule has 0 spiro atoms. The van der Waals surface area contributed by atoms with Crippen LogP contribution in [0.5, 0.6) is 0 Å². The average Bonchev–Trinajstić information content (AvgIpc) is 2.93. The van der Waals surface area contributed by atoms with E-state index in [1.165, 1.54) is 12.1 Å². The molecule has 0 saturated carbocycles. The van der Waals surface area contributed by atoms with E-state index in [9.17, 15) is 4.39 Å². The number of nitrogens with two attached hydrogens (primary N) is 1. The number of anilines is 1. The van der Waals surface area contributed by atoms with Gasteiger partial charge in [-0.3, -0.25) is 4.98 Å². The zero-order valence-electron chi connectivity index (χ0n) is 9.75. The SMILES string of the molecule is Nc1ccc(-c2nc(-c3ccncc3)no2)cc1F. The molecule has 1 aromatic carbocycles. The van der Waals surface area contributed by atoms with Gasteiger partial charge >= 0.3 is 0 Å². The van der Waals surface area contributed by atoms with Gasteiger partial charge in [0.1, 0.15) is 5.82 Å². The minimum atomic E-state index is -0.513. The Morgan fingerprint density at radius 1 is 1.05 bits per heavy atom. The number of hydrogen-bond donors (Lipinski definition) is 1. The molecule has 6 heteroatoms. The molecule has 0 atom stereocenters. The van der Waals surface area contributed by atoms with Gasteiger partial charge in [-0.05, 0) is 30.3 Å². The van der Waals surface area contributed by atoms with Gasteiger partial charge in [0, 0.05) is 23.5 Å². The molecule has 3 rings (SSSR count). The molecule has 2 N–H and O–H groups in total. The summed E-state index contributed by atoms with van der Waals surface area (Å²) in [4.78, 5) is 8.12. The van der Waals surface area contributed by atoms with Crippen LogP contribution in [0.1, 0.15) is 0 Å². The molecule has 2 heterocycles. The molecule has 0 unspecified atom stereocenters. The lowest BCUT2D eigenvalue weighted by atomic mass is 10.2. The van der Waals surface area contributed by atoms with E-state index < -0.39 is 5.82 Å². The molecule has 3 aromatic rings. The van der Waals surface area contributed by atoms with Gasteiger partial charge in [0.25, 0.3) is 5.89 Å². The van der Waals surface area contributed by atoms with Crippen molar-refractivity contribution in [3.63, 3.8) is 0 Å². The second-order valence-corrected chi connectivity index (χ2v) is 3.90. The van der Waals surface area contributed by atoms with Crippen molar-refractivity contribution < 1.29 is 8.91 Å². The number of pyridine rings is 1. The first-order valence-corrected chi connectivity index (χ1v) is 5.53. The molecular formula is C13H9FN4O. The van der Waals surface area contributed by atoms with E-state index in [1.807, 2.05) is 0 Å². The first-order chi connectivity index (χ1) is 9.24. The van der Waals surface area contributed by atoms with Crippen molar-refractivity contribution in [1.29, 1.82) is 0 Å². The van der Waals surface area contributed by atoms with Crippen LogP contribution in [0.25, 0.3) is 22.8 Å². The summed E-state index contributed by atoms with van der Waals surface area (Å²) in [5.74, 6) is 0.154. The van der Waals surface area contributed by atoms with E-state index in [2.05, 4.69) is 15.1 Å². The van der Waals surface area contributed by atoms with Gasteiger partial charge in [0.2, 0.25) is 5.82 Å². The lowest BCUT2D eigenvalue weighted by Crippen LogP contribution is -1.90. The monoisotopic (exact) mass is 256 g/mol. The number of hydrogen-bond acceptors (Lipinski definition) is 5. The van der Waals surface area contributed by atoms with E-state index in [4.69, 9.17) is 10.3 Å². The van der Waals surface area contributed by atoms with Crippen LogP contribution >= 0.6 is 0 Å². The predicted octanol–water partition coefficient (Wildman–Crippen LogP) is 2.52. The van der Waals surface area contributed by atoms with Gasteiger partial charge in [-0.2, -0.15) is 4.98 Å². The average molecular weight is 256 g/mol. The molecule has 2 aromatic heterocycles. The van der Waals surface area contributed by atoms with Crippen LogP contribution < -0.4 is 5.73 Å². The lowest BCUT2D eigenvalue weighted by molar-refractivity contribution is 0.432. The van der Waals surface area contributed by atoms with Gasteiger partial charge in [0.05, 0.1) is 5.69 Å². The lowest BCUT2D eigenvalue weighted by Gasteiger charge is -1.97. The Balaban J connectivity index is 1.99. The molecule has 0 aliphatic rings. The van der Waals surface area contributed by atoms with Gasteiger partial charge in [0.15, 0.2) is 0 Å². The highest BCUT2D eigenvalue weighted by Gasteiger charge is 2.11. The summed E-state index contributed by atoms with van der Waals surface area (Å²) >= 11 is 0. The fourth-order valence-corrected chi connectivity index (χ4v) is 1.62. The Hall–Kier alpha value is -2.76. The number of aromatic nitrogens is 3. The van der Waals surface area contributed by atoms with Crippen molar-refractivity contribution in [1.82, 2.24) is 15.1 Å². The highest BCUT2D eigenvalue weighted by atomic mass is 19.1. The summed E-state index contributed by atoms with van der Waals surface area (Å²) in [6.45, 7) is 0. The zero-order valence-corrected chi connectivity index (χ0v) is 9.75. The fraction of sp³-hybridized carbons (Fsp3) is 0. The molecule has 0 aliphatic heterocycles. The van der Waals surface area contributed by atoms with Crippen molar-refractivity contribution in [2.75, 3.05) is 5.73 Å². The number of halogens is 1. The van der Waals surface area contributed by atoms with Crippen LogP contribution in [0.2, 0.25) is 0 Å². The summed E-state index contributed by atoms with van der Waals surface area (Å²) in [5.41, 5.74) is 6.76. The van der Waals surface area contributed by atoms with Crippen molar-refractivity contribution in [3.05, 3.63) is 48.5 Å². The smallest absolute Gasteiger partial charge is 0.258 e. The van der Waals surface area contributed by atoms with Gasteiger partial charge in [-0.1, -0.05) is 5.16 Å². The van der Waals surface area contributed by atoms with Crippen molar-refractivity contribution in [2.24, 2.45) is 0 Å². The molecule has 0 radical (unpaired) electrons. The maximum absolute atomic E-state index is 13.4. The predicted molar refractivity (Wildman–Crippen MR) is 67.3 cm³/mol.